The normalized spacial score (nSPS) is 14.4. The molecule has 0 saturated carbocycles. The third-order valence-corrected chi connectivity index (χ3v) is 6.60. The number of hydrogen-bond donors (Lipinski definition) is 4. The van der Waals surface area contributed by atoms with Crippen LogP contribution in [0.4, 0.5) is 0 Å². The second-order valence-corrected chi connectivity index (χ2v) is 11.0. The molecule has 2 aromatic rings. The van der Waals surface area contributed by atoms with Gasteiger partial charge in [0.2, 0.25) is 11.8 Å². The van der Waals surface area contributed by atoms with Crippen molar-refractivity contribution < 1.29 is 18.0 Å². The molecule has 2 rings (SSSR count). The standard InChI is InChI=1S/2C12H18N2O2S/c2*1-9(2)8-11(13)12(15)14-17(16)10-6-4-3-5-7-10/h2*3-7,9,11H,8,13H2,1-2H3,(H,14,15)/t11-,17+;11-,17-/m00/s1. The molecule has 6 N–H and O–H groups in total. The maximum absolute atomic E-state index is 11.8. The molecular weight excluding hydrogens is 472 g/mol. The molecule has 34 heavy (non-hydrogen) atoms. The summed E-state index contributed by atoms with van der Waals surface area (Å²) in [7, 11) is -3.06. The fraction of sp³-hybridized carbons (Fsp3) is 0.417. The van der Waals surface area contributed by atoms with Crippen molar-refractivity contribution in [3.05, 3.63) is 60.7 Å². The zero-order valence-corrected chi connectivity index (χ0v) is 21.7. The van der Waals surface area contributed by atoms with Crippen molar-refractivity contribution in [2.24, 2.45) is 23.3 Å². The third kappa shape index (κ3) is 11.6. The van der Waals surface area contributed by atoms with Crippen LogP contribution in [-0.2, 0) is 31.6 Å². The second kappa shape index (κ2) is 15.5. The van der Waals surface area contributed by atoms with E-state index in [0.29, 0.717) is 34.5 Å². The van der Waals surface area contributed by atoms with Crippen LogP contribution in [0.5, 0.6) is 0 Å². The van der Waals surface area contributed by atoms with Crippen molar-refractivity contribution in [1.82, 2.24) is 9.44 Å². The van der Waals surface area contributed by atoms with E-state index in [1.807, 2.05) is 39.8 Å². The fourth-order valence-electron chi connectivity index (χ4n) is 2.77. The number of rotatable bonds is 10. The lowest BCUT2D eigenvalue weighted by atomic mass is 10.0. The number of carbonyl (C=O) groups excluding carboxylic acids is 2. The van der Waals surface area contributed by atoms with Crippen LogP contribution in [0.3, 0.4) is 0 Å². The van der Waals surface area contributed by atoms with Crippen molar-refractivity contribution in [1.29, 1.82) is 0 Å². The van der Waals surface area contributed by atoms with E-state index in [2.05, 4.69) is 9.44 Å². The topological polar surface area (TPSA) is 144 Å². The largest absolute Gasteiger partial charge is 0.320 e. The van der Waals surface area contributed by atoms with Gasteiger partial charge in [-0.25, -0.2) is 8.42 Å². The van der Waals surface area contributed by atoms with E-state index in [1.165, 1.54) is 0 Å². The molecule has 10 heteroatoms. The summed E-state index contributed by atoms with van der Waals surface area (Å²) in [5.74, 6) is -0.0800. The summed E-state index contributed by atoms with van der Waals surface area (Å²) in [4.78, 5) is 24.4. The molecule has 188 valence electrons. The predicted molar refractivity (Wildman–Crippen MR) is 137 cm³/mol. The van der Waals surface area contributed by atoms with Gasteiger partial charge in [0, 0.05) is 0 Å². The first kappa shape index (κ1) is 29.6. The minimum atomic E-state index is -1.53. The van der Waals surface area contributed by atoms with Gasteiger partial charge in [-0.15, -0.1) is 0 Å². The average Bonchev–Trinajstić information content (AvgIpc) is 2.79. The third-order valence-electron chi connectivity index (χ3n) is 4.43. The van der Waals surface area contributed by atoms with Gasteiger partial charge in [0.1, 0.15) is 0 Å². The molecule has 2 amide bonds. The Morgan fingerprint density at radius 1 is 0.676 bits per heavy atom. The average molecular weight is 509 g/mol. The molecule has 2 aromatic carbocycles. The van der Waals surface area contributed by atoms with Crippen molar-refractivity contribution in [3.63, 3.8) is 0 Å². The summed E-state index contributed by atoms with van der Waals surface area (Å²) < 4.78 is 28.4. The highest BCUT2D eigenvalue weighted by Crippen LogP contribution is 2.07. The summed E-state index contributed by atoms with van der Waals surface area (Å²) in [6.07, 6.45) is 1.16. The summed E-state index contributed by atoms with van der Waals surface area (Å²) in [5.41, 5.74) is 11.4. The summed E-state index contributed by atoms with van der Waals surface area (Å²) in [6, 6.07) is 16.3. The van der Waals surface area contributed by atoms with Crippen LogP contribution in [0.1, 0.15) is 40.5 Å². The first-order valence-electron chi connectivity index (χ1n) is 11.1. The molecule has 0 aliphatic rings. The van der Waals surface area contributed by atoms with Gasteiger partial charge in [-0.05, 0) is 48.9 Å². The van der Waals surface area contributed by atoms with Gasteiger partial charge in [-0.2, -0.15) is 0 Å². The summed E-state index contributed by atoms with van der Waals surface area (Å²) in [5, 5.41) is 0. The predicted octanol–water partition coefficient (Wildman–Crippen LogP) is 2.40. The zero-order valence-electron chi connectivity index (χ0n) is 20.1. The Kier molecular flexibility index (Phi) is 13.5. The van der Waals surface area contributed by atoms with Gasteiger partial charge in [-0.3, -0.25) is 19.0 Å². The van der Waals surface area contributed by atoms with Gasteiger partial charge in [0.15, 0.2) is 22.0 Å². The molecule has 0 radical (unpaired) electrons. The molecule has 0 spiro atoms. The van der Waals surface area contributed by atoms with Crippen molar-refractivity contribution in [2.75, 3.05) is 0 Å². The van der Waals surface area contributed by atoms with Crippen LogP contribution >= 0.6 is 0 Å². The van der Waals surface area contributed by atoms with E-state index in [9.17, 15) is 18.0 Å². The van der Waals surface area contributed by atoms with Crippen LogP contribution < -0.4 is 20.9 Å². The van der Waals surface area contributed by atoms with Gasteiger partial charge in [0.05, 0.1) is 21.9 Å². The lowest BCUT2D eigenvalue weighted by Gasteiger charge is -2.13. The highest BCUT2D eigenvalue weighted by Gasteiger charge is 2.18. The fourth-order valence-corrected chi connectivity index (χ4v) is 4.48. The molecule has 0 aliphatic heterocycles. The Bertz CT molecular complexity index is 863. The van der Waals surface area contributed by atoms with E-state index in [-0.39, 0.29) is 11.8 Å². The van der Waals surface area contributed by atoms with E-state index >= 15 is 0 Å². The van der Waals surface area contributed by atoms with Crippen LogP contribution in [0, 0.1) is 11.8 Å². The lowest BCUT2D eigenvalue weighted by Crippen LogP contribution is -2.42. The molecule has 0 unspecified atom stereocenters. The van der Waals surface area contributed by atoms with Crippen molar-refractivity contribution in [3.8, 4) is 0 Å². The second-order valence-electron chi connectivity index (χ2n) is 8.57. The SMILES string of the molecule is CC(C)C[C@H](N)C(=O)N[S@@](=O)c1ccccc1.CC(C)C[C@H](N)C(=O)N[S@](=O)c1ccccc1. The zero-order chi connectivity index (χ0) is 25.7. The quantitative estimate of drug-likeness (QED) is 0.388. The monoisotopic (exact) mass is 508 g/mol. The summed E-state index contributed by atoms with van der Waals surface area (Å²) in [6.45, 7) is 7.95. The number of nitrogens with one attached hydrogen (secondary N) is 2. The first-order chi connectivity index (χ1) is 16.0. The Morgan fingerprint density at radius 2 is 0.971 bits per heavy atom. The molecule has 0 aromatic heterocycles. The molecule has 0 aliphatic carbocycles. The summed E-state index contributed by atoms with van der Waals surface area (Å²) >= 11 is 0. The molecule has 0 saturated heterocycles. The molecule has 0 bridgehead atoms. The lowest BCUT2D eigenvalue weighted by molar-refractivity contribution is -0.121. The highest BCUT2D eigenvalue weighted by molar-refractivity contribution is 7.84. The molecule has 4 atom stereocenters. The Labute approximate surface area is 207 Å². The van der Waals surface area contributed by atoms with E-state index in [0.717, 1.165) is 0 Å². The number of amides is 2. The minimum Gasteiger partial charge on any atom is -0.320 e. The van der Waals surface area contributed by atoms with Crippen LogP contribution in [0.2, 0.25) is 0 Å². The Morgan fingerprint density at radius 3 is 1.24 bits per heavy atom. The van der Waals surface area contributed by atoms with E-state index < -0.39 is 34.1 Å². The van der Waals surface area contributed by atoms with E-state index in [4.69, 9.17) is 11.5 Å². The van der Waals surface area contributed by atoms with Gasteiger partial charge in [0.25, 0.3) is 0 Å². The first-order valence-corrected chi connectivity index (χ1v) is 13.4. The number of nitrogens with two attached hydrogens (primary N) is 2. The molecule has 8 nitrogen and oxygen atoms in total. The number of hydrogen-bond acceptors (Lipinski definition) is 6. The number of benzene rings is 2. The van der Waals surface area contributed by atoms with Gasteiger partial charge >= 0.3 is 0 Å². The molecule has 0 heterocycles. The maximum atomic E-state index is 11.8. The van der Waals surface area contributed by atoms with Crippen LogP contribution in [0.15, 0.2) is 70.5 Å². The van der Waals surface area contributed by atoms with Gasteiger partial charge in [-0.1, -0.05) is 64.1 Å². The van der Waals surface area contributed by atoms with Crippen molar-refractivity contribution in [2.45, 2.75) is 62.4 Å². The van der Waals surface area contributed by atoms with Crippen molar-refractivity contribution >= 4 is 33.8 Å². The maximum Gasteiger partial charge on any atom is 0.248 e. The van der Waals surface area contributed by atoms with Crippen LogP contribution in [-0.4, -0.2) is 32.3 Å². The smallest absolute Gasteiger partial charge is 0.248 e. The molecule has 0 fully saturated rings. The number of carbonyl (C=O) groups is 2. The van der Waals surface area contributed by atoms with E-state index in [1.54, 1.807) is 48.5 Å². The highest BCUT2D eigenvalue weighted by atomic mass is 32.2. The Balaban J connectivity index is 0.000000340. The minimum absolute atomic E-state index is 0.334. The van der Waals surface area contributed by atoms with Crippen LogP contribution in [0.25, 0.3) is 0 Å². The molecular formula is C24H36N4O4S2. The van der Waals surface area contributed by atoms with Gasteiger partial charge < -0.3 is 11.5 Å². The Hall–Kier alpha value is -2.40.